The summed E-state index contributed by atoms with van der Waals surface area (Å²) in [6.07, 6.45) is 3.53. The van der Waals surface area contributed by atoms with Crippen molar-refractivity contribution in [2.45, 2.75) is 55.2 Å². The fourth-order valence-electron chi connectivity index (χ4n) is 3.20. The third-order valence-corrected chi connectivity index (χ3v) is 10.2. The molecule has 1 saturated carbocycles. The smallest absolute Gasteiger partial charge is 0.248 e. The fourth-order valence-corrected chi connectivity index (χ4v) is 8.39. The van der Waals surface area contributed by atoms with Gasteiger partial charge in [0.1, 0.15) is 0 Å². The van der Waals surface area contributed by atoms with Crippen molar-refractivity contribution in [2.24, 2.45) is 0 Å². The Morgan fingerprint density at radius 1 is 1.30 bits per heavy atom. The first kappa shape index (κ1) is 17.3. The maximum absolute atomic E-state index is 13.0. The van der Waals surface area contributed by atoms with Crippen LogP contribution in [0.1, 0.15) is 45.0 Å². The number of hydrogen-bond donors (Lipinski definition) is 0. The lowest BCUT2D eigenvalue weighted by Gasteiger charge is -2.51. The molecule has 0 unspecified atom stereocenters. The molecule has 0 amide bonds. The van der Waals surface area contributed by atoms with Crippen LogP contribution in [0.4, 0.5) is 0 Å². The zero-order valence-corrected chi connectivity index (χ0v) is 16.0. The molecule has 130 valence electrons. The van der Waals surface area contributed by atoms with E-state index in [9.17, 15) is 16.8 Å². The second-order valence-electron chi connectivity index (χ2n) is 7.48. The van der Waals surface area contributed by atoms with Crippen molar-refractivity contribution in [3.63, 3.8) is 0 Å². The number of nitrogens with zero attached hydrogens (tertiary/aromatic N) is 2. The van der Waals surface area contributed by atoms with Gasteiger partial charge in [-0.25, -0.2) is 21.8 Å². The summed E-state index contributed by atoms with van der Waals surface area (Å²) in [5, 5.41) is 0.767. The van der Waals surface area contributed by atoms with Crippen LogP contribution in [-0.2, 0) is 25.3 Å². The molecule has 3 rings (SSSR count). The number of rotatable bonds is 2. The van der Waals surface area contributed by atoms with Crippen molar-refractivity contribution in [3.05, 3.63) is 11.2 Å². The van der Waals surface area contributed by atoms with Crippen LogP contribution in [0.25, 0.3) is 0 Å². The minimum atomic E-state index is -3.70. The summed E-state index contributed by atoms with van der Waals surface area (Å²) in [4.78, 5) is 4.26. The molecular formula is C14H22N2O4S3. The Labute approximate surface area is 141 Å². The zero-order valence-electron chi connectivity index (χ0n) is 13.6. The molecular weight excluding hydrogens is 356 g/mol. The van der Waals surface area contributed by atoms with E-state index in [1.165, 1.54) is 21.8 Å². The zero-order chi connectivity index (χ0) is 17.1. The van der Waals surface area contributed by atoms with Gasteiger partial charge in [0.05, 0.1) is 28.2 Å². The van der Waals surface area contributed by atoms with Crippen LogP contribution in [0.2, 0.25) is 0 Å². The molecule has 2 fully saturated rings. The van der Waals surface area contributed by atoms with Crippen molar-refractivity contribution < 1.29 is 16.8 Å². The summed E-state index contributed by atoms with van der Waals surface area (Å²) < 4.78 is 51.7. The summed E-state index contributed by atoms with van der Waals surface area (Å²) in [6, 6.07) is 0. The minimum absolute atomic E-state index is 0.0490. The van der Waals surface area contributed by atoms with Crippen LogP contribution in [0.3, 0.4) is 0 Å². The Morgan fingerprint density at radius 2 is 1.96 bits per heavy atom. The van der Waals surface area contributed by atoms with Gasteiger partial charge in [0, 0.05) is 12.0 Å². The molecule has 0 bridgehead atoms. The second-order valence-corrected chi connectivity index (χ2v) is 12.8. The van der Waals surface area contributed by atoms with E-state index in [0.29, 0.717) is 12.8 Å². The van der Waals surface area contributed by atoms with E-state index in [0.717, 1.165) is 11.4 Å². The van der Waals surface area contributed by atoms with Crippen LogP contribution in [-0.4, -0.2) is 49.7 Å². The van der Waals surface area contributed by atoms with Gasteiger partial charge in [-0.15, -0.1) is 11.3 Å². The van der Waals surface area contributed by atoms with Crippen molar-refractivity contribution in [2.75, 3.05) is 18.1 Å². The molecule has 6 nitrogen and oxygen atoms in total. The third-order valence-electron chi connectivity index (χ3n) is 4.58. The summed E-state index contributed by atoms with van der Waals surface area (Å²) >= 11 is 1.19. The molecule has 0 N–H and O–H groups in total. The molecule has 0 atom stereocenters. The highest BCUT2D eigenvalue weighted by molar-refractivity contribution is 7.93. The van der Waals surface area contributed by atoms with Crippen LogP contribution in [0, 0.1) is 0 Å². The highest BCUT2D eigenvalue weighted by Gasteiger charge is 2.53. The van der Waals surface area contributed by atoms with Crippen LogP contribution >= 0.6 is 11.3 Å². The van der Waals surface area contributed by atoms with E-state index < -0.39 is 25.4 Å². The molecule has 1 aromatic rings. The highest BCUT2D eigenvalue weighted by Crippen LogP contribution is 2.44. The Bertz CT molecular complexity index is 814. The van der Waals surface area contributed by atoms with Crippen molar-refractivity contribution in [1.82, 2.24) is 9.29 Å². The first-order valence-corrected chi connectivity index (χ1v) is 11.7. The molecule has 2 aliphatic rings. The van der Waals surface area contributed by atoms with E-state index in [1.807, 2.05) is 20.8 Å². The predicted octanol–water partition coefficient (Wildman–Crippen LogP) is 1.78. The molecule has 9 heteroatoms. The van der Waals surface area contributed by atoms with E-state index in [1.54, 1.807) is 0 Å². The van der Waals surface area contributed by atoms with Gasteiger partial charge < -0.3 is 0 Å². The highest BCUT2D eigenvalue weighted by atomic mass is 32.2. The van der Waals surface area contributed by atoms with Gasteiger partial charge in [-0.3, -0.25) is 0 Å². The quantitative estimate of drug-likeness (QED) is 0.783. The molecule has 23 heavy (non-hydrogen) atoms. The second kappa shape index (κ2) is 5.24. The van der Waals surface area contributed by atoms with Gasteiger partial charge in [-0.05, 0) is 19.3 Å². The van der Waals surface area contributed by atoms with Gasteiger partial charge in [-0.1, -0.05) is 20.8 Å². The number of sulfone groups is 1. The normalized spacial score (nSPS) is 24.5. The standard InChI is InChI=1S/C14H22N2O4S3/c1-13(2,3)12-15-9-11(21-12)23(19,20)16-7-8-22(17,18)10-14(16)5-4-6-14/h9H,4-8,10H2,1-3H3. The van der Waals surface area contributed by atoms with Crippen LogP contribution in [0.15, 0.2) is 10.4 Å². The summed E-state index contributed by atoms with van der Waals surface area (Å²) in [5.41, 5.74) is -0.945. The molecule has 1 aliphatic carbocycles. The summed E-state index contributed by atoms with van der Waals surface area (Å²) in [7, 11) is -6.86. The molecule has 1 aromatic heterocycles. The van der Waals surface area contributed by atoms with Gasteiger partial charge >= 0.3 is 0 Å². The van der Waals surface area contributed by atoms with Crippen molar-refractivity contribution >= 4 is 31.2 Å². The van der Waals surface area contributed by atoms with Gasteiger partial charge in [0.15, 0.2) is 14.0 Å². The van der Waals surface area contributed by atoms with Crippen LogP contribution in [0.5, 0.6) is 0 Å². The lowest BCUT2D eigenvalue weighted by atomic mass is 9.78. The maximum Gasteiger partial charge on any atom is 0.254 e. The predicted molar refractivity (Wildman–Crippen MR) is 89.9 cm³/mol. The van der Waals surface area contributed by atoms with Gasteiger partial charge in [0.2, 0.25) is 0 Å². The van der Waals surface area contributed by atoms with Gasteiger partial charge in [-0.2, -0.15) is 4.31 Å². The molecule has 1 saturated heterocycles. The largest absolute Gasteiger partial charge is 0.254 e. The lowest BCUT2D eigenvalue weighted by molar-refractivity contribution is 0.109. The van der Waals surface area contributed by atoms with Crippen LogP contribution < -0.4 is 0 Å². The van der Waals surface area contributed by atoms with Gasteiger partial charge in [0.25, 0.3) is 10.0 Å². The monoisotopic (exact) mass is 378 g/mol. The Balaban J connectivity index is 1.98. The molecule has 0 radical (unpaired) electrons. The number of aromatic nitrogens is 1. The summed E-state index contributed by atoms with van der Waals surface area (Å²) in [5.74, 6) is -0.150. The number of sulfonamides is 1. The van der Waals surface area contributed by atoms with E-state index in [2.05, 4.69) is 4.98 Å². The molecule has 0 aromatic carbocycles. The molecule has 1 spiro atoms. The minimum Gasteiger partial charge on any atom is -0.248 e. The molecule has 1 aliphatic heterocycles. The van der Waals surface area contributed by atoms with Crippen molar-refractivity contribution in [1.29, 1.82) is 0 Å². The maximum atomic E-state index is 13.0. The first-order valence-electron chi connectivity index (χ1n) is 7.66. The summed E-state index contributed by atoms with van der Waals surface area (Å²) in [6.45, 7) is 6.02. The first-order chi connectivity index (χ1) is 10.5. The Hall–Kier alpha value is -0.510. The van der Waals surface area contributed by atoms with E-state index in [-0.39, 0.29) is 27.7 Å². The molecule has 2 heterocycles. The fraction of sp³-hybridized carbons (Fsp3) is 0.786. The number of hydrogen-bond acceptors (Lipinski definition) is 6. The third kappa shape index (κ3) is 2.96. The average Bonchev–Trinajstić information content (AvgIpc) is 2.85. The number of thiazole rings is 1. The van der Waals surface area contributed by atoms with E-state index in [4.69, 9.17) is 0 Å². The SMILES string of the molecule is CC(C)(C)c1ncc(S(=O)(=O)N2CCS(=O)(=O)CC23CCC3)s1. The Morgan fingerprint density at radius 3 is 2.43 bits per heavy atom. The topological polar surface area (TPSA) is 84.4 Å². The van der Waals surface area contributed by atoms with Crippen molar-refractivity contribution in [3.8, 4) is 0 Å². The average molecular weight is 379 g/mol. The lowest BCUT2D eigenvalue weighted by Crippen LogP contribution is -2.64. The van der Waals surface area contributed by atoms with E-state index >= 15 is 0 Å². The Kier molecular flexibility index (Phi) is 3.95.